The Balaban J connectivity index is 1.46. The van der Waals surface area contributed by atoms with E-state index in [0.29, 0.717) is 18.7 Å². The standard InChI is InChI=1S/C19H19BrN2O3/c20-16-8-6-15(7-9-16)19(24)25-14-18(23)22-12-10-21(11-13-22)17-4-2-1-3-5-17/h1-9H,10-14H2. The minimum Gasteiger partial charge on any atom is -0.452 e. The van der Waals surface area contributed by atoms with Crippen LogP contribution in [0.5, 0.6) is 0 Å². The van der Waals surface area contributed by atoms with Gasteiger partial charge in [0.2, 0.25) is 0 Å². The maximum atomic E-state index is 12.3. The van der Waals surface area contributed by atoms with E-state index in [1.165, 1.54) is 0 Å². The first kappa shape index (κ1) is 17.5. The Hall–Kier alpha value is -2.34. The molecule has 130 valence electrons. The summed E-state index contributed by atoms with van der Waals surface area (Å²) >= 11 is 3.31. The lowest BCUT2D eigenvalue weighted by molar-refractivity contribution is -0.134. The lowest BCUT2D eigenvalue weighted by Gasteiger charge is -2.36. The molecule has 0 radical (unpaired) electrons. The molecule has 0 bridgehead atoms. The Morgan fingerprint density at radius 1 is 0.920 bits per heavy atom. The average Bonchev–Trinajstić information content (AvgIpc) is 2.67. The molecule has 1 fully saturated rings. The van der Waals surface area contributed by atoms with Crippen molar-refractivity contribution in [1.29, 1.82) is 0 Å². The van der Waals surface area contributed by atoms with Crippen LogP contribution in [-0.4, -0.2) is 49.6 Å². The van der Waals surface area contributed by atoms with Crippen molar-refractivity contribution in [2.45, 2.75) is 0 Å². The van der Waals surface area contributed by atoms with Crippen LogP contribution in [-0.2, 0) is 9.53 Å². The Kier molecular flexibility index (Phi) is 5.71. The highest BCUT2D eigenvalue weighted by molar-refractivity contribution is 9.10. The van der Waals surface area contributed by atoms with Gasteiger partial charge in [-0.2, -0.15) is 0 Å². The first-order chi connectivity index (χ1) is 12.1. The van der Waals surface area contributed by atoms with Gasteiger partial charge >= 0.3 is 5.97 Å². The van der Waals surface area contributed by atoms with Crippen LogP contribution in [0.25, 0.3) is 0 Å². The highest BCUT2D eigenvalue weighted by atomic mass is 79.9. The van der Waals surface area contributed by atoms with E-state index in [4.69, 9.17) is 4.74 Å². The van der Waals surface area contributed by atoms with E-state index in [9.17, 15) is 9.59 Å². The topological polar surface area (TPSA) is 49.9 Å². The van der Waals surface area contributed by atoms with Gasteiger partial charge in [-0.25, -0.2) is 4.79 Å². The zero-order chi connectivity index (χ0) is 17.6. The van der Waals surface area contributed by atoms with Crippen molar-refractivity contribution in [1.82, 2.24) is 4.90 Å². The van der Waals surface area contributed by atoms with Gasteiger partial charge in [-0.05, 0) is 36.4 Å². The number of ether oxygens (including phenoxy) is 1. The molecule has 1 amide bonds. The number of hydrogen-bond donors (Lipinski definition) is 0. The number of halogens is 1. The third-order valence-electron chi connectivity index (χ3n) is 4.16. The molecule has 2 aromatic rings. The zero-order valence-corrected chi connectivity index (χ0v) is 15.3. The highest BCUT2D eigenvalue weighted by Crippen LogP contribution is 2.16. The summed E-state index contributed by atoms with van der Waals surface area (Å²) < 4.78 is 6.02. The van der Waals surface area contributed by atoms with Crippen LogP contribution in [0, 0.1) is 0 Å². The molecule has 0 saturated carbocycles. The first-order valence-electron chi connectivity index (χ1n) is 8.14. The van der Waals surface area contributed by atoms with Crippen molar-refractivity contribution in [2.75, 3.05) is 37.7 Å². The number of amides is 1. The third-order valence-corrected chi connectivity index (χ3v) is 4.69. The number of para-hydroxylation sites is 1. The summed E-state index contributed by atoms with van der Waals surface area (Å²) in [6.45, 7) is 2.58. The van der Waals surface area contributed by atoms with Crippen LogP contribution in [0.1, 0.15) is 10.4 Å². The Bertz CT molecular complexity index is 726. The van der Waals surface area contributed by atoms with Gasteiger partial charge < -0.3 is 14.5 Å². The molecular weight excluding hydrogens is 384 g/mol. The average molecular weight is 403 g/mol. The number of carbonyl (C=O) groups excluding carboxylic acids is 2. The van der Waals surface area contributed by atoms with Crippen LogP contribution in [0.3, 0.4) is 0 Å². The molecule has 0 spiro atoms. The van der Waals surface area contributed by atoms with Crippen molar-refractivity contribution in [3.05, 3.63) is 64.6 Å². The number of hydrogen-bond acceptors (Lipinski definition) is 4. The second-order valence-electron chi connectivity index (χ2n) is 5.79. The predicted molar refractivity (Wildman–Crippen MR) is 99.7 cm³/mol. The van der Waals surface area contributed by atoms with E-state index >= 15 is 0 Å². The van der Waals surface area contributed by atoms with Crippen molar-refractivity contribution < 1.29 is 14.3 Å². The summed E-state index contributed by atoms with van der Waals surface area (Å²) in [4.78, 5) is 28.2. The summed E-state index contributed by atoms with van der Waals surface area (Å²) in [5, 5.41) is 0. The lowest BCUT2D eigenvalue weighted by Crippen LogP contribution is -2.49. The van der Waals surface area contributed by atoms with Crippen molar-refractivity contribution in [3.63, 3.8) is 0 Å². The van der Waals surface area contributed by atoms with Gasteiger partial charge in [0, 0.05) is 36.3 Å². The van der Waals surface area contributed by atoms with E-state index < -0.39 is 5.97 Å². The lowest BCUT2D eigenvalue weighted by atomic mass is 10.2. The zero-order valence-electron chi connectivity index (χ0n) is 13.7. The van der Waals surface area contributed by atoms with Gasteiger partial charge in [-0.3, -0.25) is 4.79 Å². The Morgan fingerprint density at radius 2 is 1.56 bits per heavy atom. The number of esters is 1. The van der Waals surface area contributed by atoms with Crippen molar-refractivity contribution >= 4 is 33.5 Å². The van der Waals surface area contributed by atoms with Crippen LogP contribution >= 0.6 is 15.9 Å². The van der Waals surface area contributed by atoms with E-state index in [-0.39, 0.29) is 12.5 Å². The first-order valence-corrected chi connectivity index (χ1v) is 8.93. The van der Waals surface area contributed by atoms with E-state index in [0.717, 1.165) is 23.2 Å². The molecule has 0 unspecified atom stereocenters. The summed E-state index contributed by atoms with van der Waals surface area (Å²) in [7, 11) is 0. The number of anilines is 1. The van der Waals surface area contributed by atoms with E-state index in [1.54, 1.807) is 29.2 Å². The molecule has 6 heteroatoms. The Morgan fingerprint density at radius 3 is 2.20 bits per heavy atom. The summed E-state index contributed by atoms with van der Waals surface area (Å²) in [5.74, 6) is -0.637. The summed E-state index contributed by atoms with van der Waals surface area (Å²) in [6, 6.07) is 17.0. The molecule has 2 aromatic carbocycles. The molecule has 3 rings (SSSR count). The van der Waals surface area contributed by atoms with Gasteiger partial charge in [0.1, 0.15) is 0 Å². The molecule has 5 nitrogen and oxygen atoms in total. The monoisotopic (exact) mass is 402 g/mol. The summed E-state index contributed by atoms with van der Waals surface area (Å²) in [5.41, 5.74) is 1.60. The minimum atomic E-state index is -0.483. The quantitative estimate of drug-likeness (QED) is 0.737. The maximum absolute atomic E-state index is 12.3. The molecule has 0 atom stereocenters. The van der Waals surface area contributed by atoms with Crippen molar-refractivity contribution in [3.8, 4) is 0 Å². The third kappa shape index (κ3) is 4.60. The number of piperazine rings is 1. The molecule has 0 aliphatic carbocycles. The van der Waals surface area contributed by atoms with Crippen LogP contribution in [0.2, 0.25) is 0 Å². The molecule has 1 heterocycles. The van der Waals surface area contributed by atoms with Gasteiger partial charge in [0.25, 0.3) is 5.91 Å². The smallest absolute Gasteiger partial charge is 0.338 e. The number of rotatable bonds is 4. The molecule has 25 heavy (non-hydrogen) atoms. The molecule has 0 aromatic heterocycles. The van der Waals surface area contributed by atoms with Gasteiger partial charge in [-0.1, -0.05) is 34.1 Å². The number of carbonyl (C=O) groups is 2. The second kappa shape index (κ2) is 8.16. The fourth-order valence-corrected chi connectivity index (χ4v) is 3.01. The largest absolute Gasteiger partial charge is 0.452 e. The SMILES string of the molecule is O=C(OCC(=O)N1CCN(c2ccccc2)CC1)c1ccc(Br)cc1. The fraction of sp³-hybridized carbons (Fsp3) is 0.263. The highest BCUT2D eigenvalue weighted by Gasteiger charge is 2.22. The molecule has 1 saturated heterocycles. The minimum absolute atomic E-state index is 0.154. The maximum Gasteiger partial charge on any atom is 0.338 e. The number of nitrogens with zero attached hydrogens (tertiary/aromatic N) is 2. The normalized spacial score (nSPS) is 14.3. The Labute approximate surface area is 155 Å². The van der Waals surface area contributed by atoms with Crippen molar-refractivity contribution in [2.24, 2.45) is 0 Å². The van der Waals surface area contributed by atoms with Crippen LogP contribution < -0.4 is 4.90 Å². The van der Waals surface area contributed by atoms with Gasteiger partial charge in [-0.15, -0.1) is 0 Å². The fourth-order valence-electron chi connectivity index (χ4n) is 2.74. The molecule has 1 aliphatic rings. The predicted octanol–water partition coefficient (Wildman–Crippen LogP) is 2.95. The second-order valence-corrected chi connectivity index (χ2v) is 6.70. The summed E-state index contributed by atoms with van der Waals surface area (Å²) in [6.07, 6.45) is 0. The van der Waals surface area contributed by atoms with E-state index in [2.05, 4.69) is 33.0 Å². The molecule has 0 N–H and O–H groups in total. The molecule has 1 aliphatic heterocycles. The number of benzene rings is 2. The van der Waals surface area contributed by atoms with Crippen LogP contribution in [0.4, 0.5) is 5.69 Å². The van der Waals surface area contributed by atoms with Gasteiger partial charge in [0.05, 0.1) is 5.56 Å². The van der Waals surface area contributed by atoms with Gasteiger partial charge in [0.15, 0.2) is 6.61 Å². The van der Waals surface area contributed by atoms with E-state index in [1.807, 2.05) is 18.2 Å². The van der Waals surface area contributed by atoms with Crippen LogP contribution in [0.15, 0.2) is 59.1 Å². The molecular formula is C19H19BrN2O3.